The van der Waals surface area contributed by atoms with Crippen LogP contribution in [0.1, 0.15) is 77.1 Å². The number of nitrogens with zero attached hydrogens (tertiary/aromatic N) is 3. The van der Waals surface area contributed by atoms with Crippen molar-refractivity contribution in [3.8, 4) is 0 Å². The number of likely N-dealkylation sites (N-methyl/N-ethyl adjacent to an activating group) is 1. The second kappa shape index (κ2) is 30.0. The standard InChI is InChI=1S/C50H72N14O10S/c1-28(2)41(61-43(67)35(57-40(66)26-53-6)14-10-20-55-50(51)52)46(70)58-36(22-32-16-18-34(19-17-32)75-63-30(5)65)44(68)62-42(29(3)4)47(71)59-37(24-33-25-54-27-56-33)48(72)64-21-11-15-39(64)45(69)60-38(49(73)74)23-31-12-8-7-9-13-31/h7-9,12-13,16-19,25,27-29,35-39,41-42,53H,10-11,14-15,20-24,26H2,1-6H3,(H,54,56)(H,57,66)(H,58,70)(H,59,71)(H,60,69)(H,61,67)(H,62,68)(H,63,65)(H,73,74)(H4,51,52,55)/t35-,36-,37-,38-,39+,41-,42-/m0/s1. The number of carboxylic acids is 1. The lowest BCUT2D eigenvalue weighted by Gasteiger charge is -2.31. The number of rotatable bonds is 29. The van der Waals surface area contributed by atoms with Gasteiger partial charge in [0.2, 0.25) is 47.3 Å². The van der Waals surface area contributed by atoms with Crippen molar-refractivity contribution >= 4 is 71.1 Å². The van der Waals surface area contributed by atoms with Crippen molar-refractivity contribution in [3.05, 3.63) is 83.9 Å². The molecule has 14 N–H and O–H groups in total. The van der Waals surface area contributed by atoms with Crippen molar-refractivity contribution in [1.29, 1.82) is 0 Å². The predicted octanol–water partition coefficient (Wildman–Crippen LogP) is -0.850. The van der Waals surface area contributed by atoms with Gasteiger partial charge in [0.25, 0.3) is 0 Å². The Kier molecular flexibility index (Phi) is 24.0. The van der Waals surface area contributed by atoms with Gasteiger partial charge in [0, 0.05) is 56.1 Å². The second-order valence-electron chi connectivity index (χ2n) is 18.9. The van der Waals surface area contributed by atoms with Gasteiger partial charge in [0.05, 0.1) is 12.9 Å². The van der Waals surface area contributed by atoms with E-state index in [1.807, 2.05) is 0 Å². The molecule has 1 aromatic heterocycles. The van der Waals surface area contributed by atoms with Crippen LogP contribution in [-0.2, 0) is 62.4 Å². The van der Waals surface area contributed by atoms with E-state index in [2.05, 4.69) is 56.9 Å². The highest BCUT2D eigenvalue weighted by atomic mass is 32.2. The van der Waals surface area contributed by atoms with Crippen molar-refractivity contribution in [3.63, 3.8) is 0 Å². The van der Waals surface area contributed by atoms with Gasteiger partial charge in [-0.3, -0.25) is 48.1 Å². The zero-order valence-electron chi connectivity index (χ0n) is 43.1. The van der Waals surface area contributed by atoms with Gasteiger partial charge < -0.3 is 63.7 Å². The summed E-state index contributed by atoms with van der Waals surface area (Å²) in [5.74, 6) is -7.49. The van der Waals surface area contributed by atoms with Gasteiger partial charge in [0.1, 0.15) is 42.3 Å². The fourth-order valence-electron chi connectivity index (χ4n) is 8.19. The molecule has 0 unspecified atom stereocenters. The Bertz CT molecular complexity index is 2440. The Morgan fingerprint density at radius 3 is 1.92 bits per heavy atom. The van der Waals surface area contributed by atoms with Gasteiger partial charge in [-0.05, 0) is 79.8 Å². The number of aromatic amines is 1. The minimum Gasteiger partial charge on any atom is -0.480 e. The number of nitrogens with one attached hydrogen (secondary N) is 9. The Morgan fingerprint density at radius 2 is 1.36 bits per heavy atom. The van der Waals surface area contributed by atoms with Crippen molar-refractivity contribution < 1.29 is 48.3 Å². The molecule has 0 saturated carbocycles. The van der Waals surface area contributed by atoms with Crippen molar-refractivity contribution in [1.82, 2.24) is 56.8 Å². The number of guanidine groups is 1. The first-order valence-corrected chi connectivity index (χ1v) is 25.6. The normalized spacial score (nSPS) is 15.5. The van der Waals surface area contributed by atoms with E-state index in [1.165, 1.54) is 24.3 Å². The molecule has 75 heavy (non-hydrogen) atoms. The number of likely N-dealkylation sites (tertiary alicyclic amines) is 1. The Hall–Kier alpha value is -7.54. The lowest BCUT2D eigenvalue weighted by molar-refractivity contribution is -0.145. The summed E-state index contributed by atoms with van der Waals surface area (Å²) in [5, 5.41) is 29.1. The average Bonchev–Trinajstić information content (AvgIpc) is 4.08. The number of carbonyl (C=O) groups is 9. The number of hydrogen-bond acceptors (Lipinski definition) is 13. The molecule has 1 aliphatic rings. The molecule has 1 saturated heterocycles. The molecule has 3 aromatic rings. The van der Waals surface area contributed by atoms with Crippen molar-refractivity contribution in [2.24, 2.45) is 28.3 Å². The summed E-state index contributed by atoms with van der Waals surface area (Å²) in [6.45, 7) is 8.33. The zero-order valence-corrected chi connectivity index (χ0v) is 44.0. The van der Waals surface area contributed by atoms with E-state index in [4.69, 9.17) is 11.5 Å². The summed E-state index contributed by atoms with van der Waals surface area (Å²) in [5.41, 5.74) is 12.7. The molecule has 408 valence electrons. The number of nitrogens with two attached hydrogens (primary N) is 2. The number of hydrogen-bond donors (Lipinski definition) is 12. The zero-order chi connectivity index (χ0) is 55.2. The van der Waals surface area contributed by atoms with Gasteiger partial charge in [0.15, 0.2) is 5.96 Å². The van der Waals surface area contributed by atoms with Crippen LogP contribution in [0.5, 0.6) is 0 Å². The summed E-state index contributed by atoms with van der Waals surface area (Å²) in [7, 11) is 1.57. The number of aliphatic carboxylic acids is 1. The molecule has 2 heterocycles. The minimum absolute atomic E-state index is 0.0105. The maximum atomic E-state index is 14.6. The molecule has 2 aromatic carbocycles. The highest BCUT2D eigenvalue weighted by Gasteiger charge is 2.41. The quantitative estimate of drug-likeness (QED) is 0.0174. The topological polar surface area (TPSA) is 366 Å². The van der Waals surface area contributed by atoms with Crippen LogP contribution in [-0.4, -0.2) is 148 Å². The largest absolute Gasteiger partial charge is 0.480 e. The van der Waals surface area contributed by atoms with Gasteiger partial charge >= 0.3 is 5.97 Å². The molecular weight excluding hydrogens is 989 g/mol. The highest BCUT2D eigenvalue weighted by Crippen LogP contribution is 2.21. The molecule has 1 fully saturated rings. The first-order chi connectivity index (χ1) is 35.7. The summed E-state index contributed by atoms with van der Waals surface area (Å²) in [4.78, 5) is 135. The molecular formula is C50H72N14O10S. The van der Waals surface area contributed by atoms with Crippen LogP contribution in [0.2, 0.25) is 0 Å². The van der Waals surface area contributed by atoms with Gasteiger partial charge in [-0.2, -0.15) is 0 Å². The number of imidazole rings is 1. The van der Waals surface area contributed by atoms with E-state index in [-0.39, 0.29) is 63.6 Å². The van der Waals surface area contributed by atoms with Crippen LogP contribution in [0.3, 0.4) is 0 Å². The maximum absolute atomic E-state index is 14.6. The Balaban J connectivity index is 1.59. The number of H-pyrrole nitrogens is 1. The van der Waals surface area contributed by atoms with Crippen molar-refractivity contribution in [2.75, 3.05) is 26.7 Å². The lowest BCUT2D eigenvalue weighted by atomic mass is 9.98. The highest BCUT2D eigenvalue weighted by molar-refractivity contribution is 7.98. The molecule has 7 atom stereocenters. The number of amides is 8. The van der Waals surface area contributed by atoms with E-state index in [0.29, 0.717) is 34.6 Å². The van der Waals surface area contributed by atoms with Crippen LogP contribution in [0.25, 0.3) is 0 Å². The number of aromatic nitrogens is 2. The first-order valence-electron chi connectivity index (χ1n) is 24.7. The third-order valence-electron chi connectivity index (χ3n) is 12.1. The van der Waals surface area contributed by atoms with Crippen LogP contribution >= 0.6 is 11.9 Å². The summed E-state index contributed by atoms with van der Waals surface area (Å²) in [6, 6.07) is 7.06. The van der Waals surface area contributed by atoms with Gasteiger partial charge in [-0.15, -0.1) is 0 Å². The van der Waals surface area contributed by atoms with E-state index in [1.54, 1.807) is 89.3 Å². The molecule has 4 rings (SSSR count). The molecule has 25 heteroatoms. The Morgan fingerprint density at radius 1 is 0.760 bits per heavy atom. The van der Waals surface area contributed by atoms with E-state index < -0.39 is 101 Å². The van der Waals surface area contributed by atoms with Gasteiger partial charge in [-0.25, -0.2) is 9.78 Å². The summed E-state index contributed by atoms with van der Waals surface area (Å²) >= 11 is 1.08. The summed E-state index contributed by atoms with van der Waals surface area (Å²) < 4.78 is 2.64. The molecule has 24 nitrogen and oxygen atoms in total. The minimum atomic E-state index is -1.35. The molecule has 0 bridgehead atoms. The first kappa shape index (κ1) is 60.0. The molecule has 1 aliphatic heterocycles. The fourth-order valence-corrected chi connectivity index (χ4v) is 8.72. The molecule has 0 spiro atoms. The lowest BCUT2D eigenvalue weighted by Crippen LogP contribution is -2.61. The summed E-state index contributed by atoms with van der Waals surface area (Å²) in [6.07, 6.45) is 3.79. The SMILES string of the molecule is CNCC(=O)N[C@@H](CCCN=C(N)N)C(=O)N[C@H](C(=O)N[C@@H](Cc1ccc(SNC(C)=O)cc1)C(=O)N[C@H](C(=O)N[C@@H](Cc1cnc[nH]1)C(=O)N1CCC[C@@H]1C(=O)N[C@@H](Cc1ccccc1)C(=O)O)C(C)C)C(C)C. The fraction of sp³-hybridized carbons (Fsp3) is 0.500. The average molecular weight is 1060 g/mol. The number of carbonyl (C=O) groups excluding carboxylic acids is 8. The van der Waals surface area contributed by atoms with E-state index in [9.17, 15) is 48.3 Å². The predicted molar refractivity (Wildman–Crippen MR) is 280 cm³/mol. The van der Waals surface area contributed by atoms with Gasteiger partial charge in [-0.1, -0.05) is 70.2 Å². The Labute approximate surface area is 440 Å². The maximum Gasteiger partial charge on any atom is 0.326 e. The van der Waals surface area contributed by atoms with Crippen LogP contribution < -0.4 is 53.4 Å². The molecule has 0 radical (unpaired) electrons. The third kappa shape index (κ3) is 19.7. The smallest absolute Gasteiger partial charge is 0.326 e. The molecule has 8 amide bonds. The van der Waals surface area contributed by atoms with Crippen LogP contribution in [0, 0.1) is 11.8 Å². The number of carboxylic acid groups (broad SMARTS) is 1. The van der Waals surface area contributed by atoms with Crippen LogP contribution in [0.15, 0.2) is 77.0 Å². The van der Waals surface area contributed by atoms with Crippen molar-refractivity contribution in [2.45, 2.75) is 127 Å². The second-order valence-corrected chi connectivity index (χ2v) is 19.7. The monoisotopic (exact) mass is 1060 g/mol. The third-order valence-corrected chi connectivity index (χ3v) is 13.0. The van der Waals surface area contributed by atoms with E-state index in [0.717, 1.165) is 11.9 Å². The van der Waals surface area contributed by atoms with E-state index >= 15 is 0 Å². The molecule has 0 aliphatic carbocycles. The number of aliphatic imine (C=N–C) groups is 1. The van der Waals surface area contributed by atoms with Crippen LogP contribution in [0.4, 0.5) is 0 Å². The number of benzene rings is 2.